The number of ether oxygens (including phenoxy) is 1. The number of carbonyl (C=O) groups excluding carboxylic acids is 1. The lowest BCUT2D eigenvalue weighted by molar-refractivity contribution is -0.151. The van der Waals surface area contributed by atoms with Crippen LogP contribution in [0.2, 0.25) is 0 Å². The van der Waals surface area contributed by atoms with Crippen molar-refractivity contribution in [1.82, 2.24) is 0 Å². The zero-order valence-electron chi connectivity index (χ0n) is 14.3. The lowest BCUT2D eigenvalue weighted by atomic mass is 9.93. The van der Waals surface area contributed by atoms with E-state index in [1.165, 1.54) is 19.8 Å². The fourth-order valence-electron chi connectivity index (χ4n) is 2.48. The van der Waals surface area contributed by atoms with Gasteiger partial charge in [-0.2, -0.15) is 0 Å². The highest BCUT2D eigenvalue weighted by Crippen LogP contribution is 2.21. The number of carbonyl (C=O) groups is 2. The highest BCUT2D eigenvalue weighted by atomic mass is 16.5. The molecule has 2 atom stereocenters. The molecule has 0 amide bonds. The minimum Gasteiger partial charge on any atom is -0.481 e. The monoisotopic (exact) mass is 312 g/mol. The maximum atomic E-state index is 11.3. The van der Waals surface area contributed by atoms with Crippen molar-refractivity contribution < 1.29 is 19.4 Å². The largest absolute Gasteiger partial charge is 0.481 e. The van der Waals surface area contributed by atoms with E-state index in [9.17, 15) is 9.59 Å². The van der Waals surface area contributed by atoms with E-state index < -0.39 is 5.97 Å². The zero-order valence-corrected chi connectivity index (χ0v) is 14.3. The quantitative estimate of drug-likeness (QED) is 0.303. The van der Waals surface area contributed by atoms with Crippen LogP contribution in [0.1, 0.15) is 78.6 Å². The molecule has 0 aliphatic heterocycles. The Hall–Kier alpha value is -1.32. The van der Waals surface area contributed by atoms with Gasteiger partial charge < -0.3 is 9.84 Å². The normalized spacial score (nSPS) is 14.0. The van der Waals surface area contributed by atoms with Gasteiger partial charge in [0.2, 0.25) is 0 Å². The van der Waals surface area contributed by atoms with Gasteiger partial charge in [-0.1, -0.05) is 51.7 Å². The lowest BCUT2D eigenvalue weighted by Gasteiger charge is -2.23. The molecule has 0 fully saturated rings. The Kier molecular flexibility index (Phi) is 12.5. The van der Waals surface area contributed by atoms with Crippen LogP contribution in [0.3, 0.4) is 0 Å². The molecule has 0 rings (SSSR count). The van der Waals surface area contributed by atoms with E-state index in [4.69, 9.17) is 9.84 Å². The van der Waals surface area contributed by atoms with Crippen LogP contribution in [-0.2, 0) is 14.3 Å². The van der Waals surface area contributed by atoms with Crippen LogP contribution in [0.4, 0.5) is 0 Å². The summed E-state index contributed by atoms with van der Waals surface area (Å²) in [6.45, 7) is 5.65. The van der Waals surface area contributed by atoms with Gasteiger partial charge in [0.05, 0.1) is 6.42 Å². The summed E-state index contributed by atoms with van der Waals surface area (Å²) >= 11 is 0. The van der Waals surface area contributed by atoms with Crippen LogP contribution in [0.15, 0.2) is 12.2 Å². The molecule has 0 aliphatic rings. The summed E-state index contributed by atoms with van der Waals surface area (Å²) in [6.07, 6.45) is 11.9. The Morgan fingerprint density at radius 3 is 2.27 bits per heavy atom. The second-order valence-corrected chi connectivity index (χ2v) is 5.83. The number of rotatable bonds is 13. The maximum absolute atomic E-state index is 11.3. The molecule has 0 bridgehead atoms. The number of unbranched alkanes of at least 4 members (excludes halogenated alkanes) is 5. The van der Waals surface area contributed by atoms with E-state index in [-0.39, 0.29) is 24.4 Å². The van der Waals surface area contributed by atoms with Gasteiger partial charge in [-0.15, -0.1) is 0 Å². The topological polar surface area (TPSA) is 63.6 Å². The van der Waals surface area contributed by atoms with E-state index in [0.717, 1.165) is 38.5 Å². The first-order chi connectivity index (χ1) is 10.5. The van der Waals surface area contributed by atoms with Gasteiger partial charge in [-0.05, 0) is 25.7 Å². The molecule has 4 nitrogen and oxygen atoms in total. The summed E-state index contributed by atoms with van der Waals surface area (Å²) in [5, 5.41) is 9.10. The summed E-state index contributed by atoms with van der Waals surface area (Å²) in [7, 11) is 0. The third-order valence-corrected chi connectivity index (χ3v) is 3.66. The van der Waals surface area contributed by atoms with Crippen molar-refractivity contribution >= 4 is 11.9 Å². The van der Waals surface area contributed by atoms with Crippen molar-refractivity contribution in [3.8, 4) is 0 Å². The maximum Gasteiger partial charge on any atom is 0.304 e. The first kappa shape index (κ1) is 20.7. The predicted octanol–water partition coefficient (Wildman–Crippen LogP) is 4.73. The lowest BCUT2D eigenvalue weighted by Crippen LogP contribution is -2.27. The van der Waals surface area contributed by atoms with E-state index in [2.05, 4.69) is 13.8 Å². The highest BCUT2D eigenvalue weighted by Gasteiger charge is 2.24. The summed E-state index contributed by atoms with van der Waals surface area (Å²) in [4.78, 5) is 22.4. The van der Waals surface area contributed by atoms with Crippen LogP contribution in [0, 0.1) is 5.92 Å². The number of aliphatic carboxylic acids is 1. The Labute approximate surface area is 134 Å². The molecule has 0 saturated heterocycles. The smallest absolute Gasteiger partial charge is 0.304 e. The number of hydrogen-bond donors (Lipinski definition) is 1. The molecule has 1 N–H and O–H groups in total. The first-order valence-electron chi connectivity index (χ1n) is 8.56. The number of carboxylic acids is 1. The molecule has 0 aliphatic carbocycles. The molecule has 0 spiro atoms. The molecular formula is C18H32O4. The van der Waals surface area contributed by atoms with Crippen LogP contribution in [0.25, 0.3) is 0 Å². The van der Waals surface area contributed by atoms with Crippen molar-refractivity contribution in [1.29, 1.82) is 0 Å². The summed E-state index contributed by atoms with van der Waals surface area (Å²) in [5.41, 5.74) is 0. The summed E-state index contributed by atoms with van der Waals surface area (Å²) < 4.78 is 5.38. The van der Waals surface area contributed by atoms with E-state index in [1.54, 1.807) is 0 Å². The second kappa shape index (κ2) is 13.4. The van der Waals surface area contributed by atoms with Gasteiger partial charge in [0.1, 0.15) is 6.10 Å². The summed E-state index contributed by atoms with van der Waals surface area (Å²) in [5.74, 6) is -1.42. The zero-order chi connectivity index (χ0) is 16.8. The van der Waals surface area contributed by atoms with E-state index in [0.29, 0.717) is 0 Å². The van der Waals surface area contributed by atoms with Crippen molar-refractivity contribution in [2.24, 2.45) is 5.92 Å². The molecule has 0 radical (unpaired) electrons. The van der Waals surface area contributed by atoms with Gasteiger partial charge in [-0.25, -0.2) is 0 Å². The van der Waals surface area contributed by atoms with Crippen LogP contribution in [0.5, 0.6) is 0 Å². The number of carboxylic acid groups (broad SMARTS) is 1. The minimum absolute atomic E-state index is 0.00828. The number of esters is 1. The third kappa shape index (κ3) is 11.4. The Morgan fingerprint density at radius 1 is 1.09 bits per heavy atom. The van der Waals surface area contributed by atoms with Gasteiger partial charge in [0, 0.05) is 12.8 Å². The van der Waals surface area contributed by atoms with Crippen LogP contribution in [-0.4, -0.2) is 23.1 Å². The van der Waals surface area contributed by atoms with E-state index >= 15 is 0 Å². The average Bonchev–Trinajstić information content (AvgIpc) is 2.44. The Bertz CT molecular complexity index is 336. The molecule has 0 aromatic rings. The second-order valence-electron chi connectivity index (χ2n) is 5.83. The van der Waals surface area contributed by atoms with Gasteiger partial charge in [0.15, 0.2) is 0 Å². The minimum atomic E-state index is -0.851. The molecule has 128 valence electrons. The fraction of sp³-hybridized carbons (Fsp3) is 0.778. The molecule has 22 heavy (non-hydrogen) atoms. The summed E-state index contributed by atoms with van der Waals surface area (Å²) in [6, 6.07) is 0. The van der Waals surface area contributed by atoms with Crippen LogP contribution >= 0.6 is 0 Å². The number of allylic oxidation sites excluding steroid dienone is 1. The molecule has 4 heteroatoms. The highest BCUT2D eigenvalue weighted by molar-refractivity contribution is 5.68. The van der Waals surface area contributed by atoms with Gasteiger partial charge >= 0.3 is 11.9 Å². The Morgan fingerprint density at radius 2 is 1.73 bits per heavy atom. The SMILES string of the molecule is CCCCC/C=C/[C@H](CC(=O)O)[C@H](CCCCC)OC(C)=O. The molecule has 0 aromatic carbocycles. The molecule has 0 unspecified atom stereocenters. The van der Waals surface area contributed by atoms with Crippen molar-refractivity contribution in [3.63, 3.8) is 0 Å². The van der Waals surface area contributed by atoms with E-state index in [1.807, 2.05) is 12.2 Å². The van der Waals surface area contributed by atoms with Crippen LogP contribution < -0.4 is 0 Å². The predicted molar refractivity (Wildman–Crippen MR) is 88.7 cm³/mol. The van der Waals surface area contributed by atoms with Crippen molar-refractivity contribution in [2.45, 2.75) is 84.7 Å². The first-order valence-corrected chi connectivity index (χ1v) is 8.56. The fourth-order valence-corrected chi connectivity index (χ4v) is 2.48. The molecule has 0 aromatic heterocycles. The van der Waals surface area contributed by atoms with Crippen molar-refractivity contribution in [3.05, 3.63) is 12.2 Å². The third-order valence-electron chi connectivity index (χ3n) is 3.66. The Balaban J connectivity index is 4.70. The molecular weight excluding hydrogens is 280 g/mol. The van der Waals surface area contributed by atoms with Gasteiger partial charge in [-0.3, -0.25) is 9.59 Å². The molecule has 0 heterocycles. The standard InChI is InChI=1S/C18H32O4/c1-4-6-8-9-11-12-16(14-18(20)21)17(22-15(3)19)13-10-7-5-2/h11-12,16-17H,4-10,13-14H2,1-3H3,(H,20,21)/b12-11+/t16-,17+/m1/s1. The van der Waals surface area contributed by atoms with Gasteiger partial charge in [0.25, 0.3) is 0 Å². The molecule has 0 saturated carbocycles. The van der Waals surface area contributed by atoms with Crippen molar-refractivity contribution in [2.75, 3.05) is 0 Å². The number of hydrogen-bond acceptors (Lipinski definition) is 3. The average molecular weight is 312 g/mol.